The Hall–Kier alpha value is -2.11. The molecule has 0 bridgehead atoms. The first-order chi connectivity index (χ1) is 11.6. The zero-order chi connectivity index (χ0) is 16.9. The highest BCUT2D eigenvalue weighted by Gasteiger charge is 2.18. The quantitative estimate of drug-likeness (QED) is 0.643. The molecule has 1 aliphatic rings. The molecule has 0 radical (unpaired) electrons. The molecule has 6 heteroatoms. The van der Waals surface area contributed by atoms with Crippen molar-refractivity contribution in [1.82, 2.24) is 5.43 Å². The summed E-state index contributed by atoms with van der Waals surface area (Å²) < 4.78 is 5.72. The van der Waals surface area contributed by atoms with Gasteiger partial charge in [-0.05, 0) is 30.7 Å². The van der Waals surface area contributed by atoms with Gasteiger partial charge < -0.3 is 9.32 Å². The molecule has 0 unspecified atom stereocenters. The molecular formula is C18H21ClN3O2+. The van der Waals surface area contributed by atoms with E-state index < -0.39 is 0 Å². The number of halogens is 1. The molecule has 2 heterocycles. The molecule has 0 atom stereocenters. The van der Waals surface area contributed by atoms with Crippen LogP contribution in [0.2, 0.25) is 5.02 Å². The number of aryl methyl sites for hydroxylation is 1. The van der Waals surface area contributed by atoms with E-state index in [-0.39, 0.29) is 5.91 Å². The summed E-state index contributed by atoms with van der Waals surface area (Å²) in [5, 5.41) is 4.67. The average molecular weight is 347 g/mol. The van der Waals surface area contributed by atoms with Crippen LogP contribution in [-0.2, 0) is 4.79 Å². The van der Waals surface area contributed by atoms with Crippen molar-refractivity contribution < 1.29 is 14.1 Å². The van der Waals surface area contributed by atoms with Crippen LogP contribution >= 0.6 is 11.6 Å². The standard InChI is InChI=1S/C18H20ClN3O2/c1-13-4-5-14(10-16(13)19)17-7-6-15(24-17)11-20-21-18(23)12-22-8-2-3-9-22/h4-7,10-11H,2-3,8-9,12H2,1H3,(H,21,23)/p+1/b20-11-. The maximum atomic E-state index is 11.8. The van der Waals surface area contributed by atoms with E-state index in [1.165, 1.54) is 24.0 Å². The third-order valence-electron chi connectivity index (χ3n) is 4.19. The van der Waals surface area contributed by atoms with E-state index in [0.29, 0.717) is 23.1 Å². The molecule has 2 N–H and O–H groups in total. The molecule has 2 aromatic rings. The number of likely N-dealkylation sites (tertiary alicyclic amines) is 1. The van der Waals surface area contributed by atoms with Crippen LogP contribution in [0.5, 0.6) is 0 Å². The van der Waals surface area contributed by atoms with E-state index in [4.69, 9.17) is 16.0 Å². The van der Waals surface area contributed by atoms with E-state index in [2.05, 4.69) is 10.5 Å². The molecule has 1 saturated heterocycles. The van der Waals surface area contributed by atoms with Crippen molar-refractivity contribution in [2.75, 3.05) is 19.6 Å². The lowest BCUT2D eigenvalue weighted by Gasteiger charge is -2.09. The summed E-state index contributed by atoms with van der Waals surface area (Å²) in [7, 11) is 0. The van der Waals surface area contributed by atoms with Gasteiger partial charge in [0.2, 0.25) is 0 Å². The highest BCUT2D eigenvalue weighted by Crippen LogP contribution is 2.26. The van der Waals surface area contributed by atoms with Crippen LogP contribution in [0.4, 0.5) is 0 Å². The Balaban J connectivity index is 1.57. The lowest BCUT2D eigenvalue weighted by atomic mass is 10.1. The largest absolute Gasteiger partial charge is 0.455 e. The summed E-state index contributed by atoms with van der Waals surface area (Å²) in [5.41, 5.74) is 4.49. The van der Waals surface area contributed by atoms with Crippen molar-refractivity contribution >= 4 is 23.7 Å². The smallest absolute Gasteiger partial charge is 0.295 e. The molecular weight excluding hydrogens is 326 g/mol. The van der Waals surface area contributed by atoms with Gasteiger partial charge in [0.05, 0.1) is 19.3 Å². The van der Waals surface area contributed by atoms with Crippen molar-refractivity contribution in [2.24, 2.45) is 5.10 Å². The van der Waals surface area contributed by atoms with Crippen LogP contribution in [0.25, 0.3) is 11.3 Å². The Morgan fingerprint density at radius 1 is 1.33 bits per heavy atom. The van der Waals surface area contributed by atoms with Gasteiger partial charge in [-0.15, -0.1) is 0 Å². The number of hydrogen-bond acceptors (Lipinski definition) is 3. The number of nitrogens with one attached hydrogen (secondary N) is 2. The number of carbonyl (C=O) groups is 1. The van der Waals surface area contributed by atoms with Crippen molar-refractivity contribution in [3.05, 3.63) is 46.7 Å². The van der Waals surface area contributed by atoms with E-state index in [9.17, 15) is 4.79 Å². The van der Waals surface area contributed by atoms with E-state index in [0.717, 1.165) is 24.2 Å². The first kappa shape index (κ1) is 16.7. The molecule has 3 rings (SSSR count). The molecule has 1 fully saturated rings. The first-order valence-electron chi connectivity index (χ1n) is 8.13. The number of furan rings is 1. The van der Waals surface area contributed by atoms with Crippen LogP contribution < -0.4 is 10.3 Å². The van der Waals surface area contributed by atoms with Crippen molar-refractivity contribution in [3.63, 3.8) is 0 Å². The highest BCUT2D eigenvalue weighted by molar-refractivity contribution is 6.31. The lowest BCUT2D eigenvalue weighted by molar-refractivity contribution is -0.879. The van der Waals surface area contributed by atoms with E-state index >= 15 is 0 Å². The predicted octanol–water partition coefficient (Wildman–Crippen LogP) is 2.04. The molecule has 1 aromatic heterocycles. The number of amides is 1. The Labute approximate surface area is 146 Å². The summed E-state index contributed by atoms with van der Waals surface area (Å²) in [6.45, 7) is 4.57. The molecule has 0 saturated carbocycles. The van der Waals surface area contributed by atoms with E-state index in [1.54, 1.807) is 0 Å². The Kier molecular flexibility index (Phi) is 5.33. The number of hydrazone groups is 1. The lowest BCUT2D eigenvalue weighted by Crippen LogP contribution is -3.11. The van der Waals surface area contributed by atoms with Gasteiger partial charge in [0.15, 0.2) is 6.54 Å². The minimum absolute atomic E-state index is 0.0692. The van der Waals surface area contributed by atoms with Gasteiger partial charge in [0, 0.05) is 23.4 Å². The molecule has 0 aliphatic carbocycles. The second-order valence-electron chi connectivity index (χ2n) is 6.09. The van der Waals surface area contributed by atoms with Crippen molar-refractivity contribution in [3.8, 4) is 11.3 Å². The SMILES string of the molecule is Cc1ccc(-c2ccc(/C=N\NC(=O)C[NH+]3CCCC3)o2)cc1Cl. The second kappa shape index (κ2) is 7.64. The van der Waals surface area contributed by atoms with E-state index in [1.807, 2.05) is 37.3 Å². The molecule has 24 heavy (non-hydrogen) atoms. The minimum Gasteiger partial charge on any atom is -0.455 e. The molecule has 1 aromatic carbocycles. The highest BCUT2D eigenvalue weighted by atomic mass is 35.5. The fourth-order valence-electron chi connectivity index (χ4n) is 2.81. The van der Waals surface area contributed by atoms with Gasteiger partial charge in [-0.25, -0.2) is 5.43 Å². The van der Waals surface area contributed by atoms with Crippen LogP contribution in [0.15, 0.2) is 39.9 Å². The number of carbonyl (C=O) groups excluding carboxylic acids is 1. The molecule has 126 valence electrons. The van der Waals surface area contributed by atoms with Crippen LogP contribution in [-0.4, -0.2) is 31.8 Å². The summed E-state index contributed by atoms with van der Waals surface area (Å²) in [6.07, 6.45) is 3.91. The maximum absolute atomic E-state index is 11.8. The van der Waals surface area contributed by atoms with Crippen LogP contribution in [0.3, 0.4) is 0 Å². The fourth-order valence-corrected chi connectivity index (χ4v) is 2.99. The van der Waals surface area contributed by atoms with Gasteiger partial charge in [-0.3, -0.25) is 4.79 Å². The van der Waals surface area contributed by atoms with Gasteiger partial charge in [-0.2, -0.15) is 5.10 Å². The first-order valence-corrected chi connectivity index (χ1v) is 8.51. The number of hydrogen-bond donors (Lipinski definition) is 2. The summed E-state index contributed by atoms with van der Waals surface area (Å²) >= 11 is 6.14. The third kappa shape index (κ3) is 4.24. The number of benzene rings is 1. The second-order valence-corrected chi connectivity index (χ2v) is 6.50. The van der Waals surface area contributed by atoms with Crippen LogP contribution in [0.1, 0.15) is 24.2 Å². The normalized spacial score (nSPS) is 15.2. The topological polar surface area (TPSA) is 59.0 Å². The molecule has 1 aliphatic heterocycles. The average Bonchev–Trinajstić information content (AvgIpc) is 3.22. The molecule has 1 amide bonds. The maximum Gasteiger partial charge on any atom is 0.295 e. The summed E-state index contributed by atoms with van der Waals surface area (Å²) in [6, 6.07) is 9.46. The Morgan fingerprint density at radius 2 is 2.12 bits per heavy atom. The van der Waals surface area contributed by atoms with Crippen molar-refractivity contribution in [1.29, 1.82) is 0 Å². The monoisotopic (exact) mass is 346 g/mol. The Bertz CT molecular complexity index is 748. The molecule has 5 nitrogen and oxygen atoms in total. The van der Waals surface area contributed by atoms with Crippen LogP contribution in [0, 0.1) is 6.92 Å². The van der Waals surface area contributed by atoms with Gasteiger partial charge in [-0.1, -0.05) is 23.7 Å². The number of rotatable bonds is 5. The molecule has 0 spiro atoms. The number of quaternary nitrogens is 1. The van der Waals surface area contributed by atoms with Gasteiger partial charge in [0.25, 0.3) is 5.91 Å². The number of nitrogens with zero attached hydrogens (tertiary/aromatic N) is 1. The third-order valence-corrected chi connectivity index (χ3v) is 4.59. The summed E-state index contributed by atoms with van der Waals surface area (Å²) in [5.74, 6) is 1.22. The summed E-state index contributed by atoms with van der Waals surface area (Å²) in [4.78, 5) is 13.1. The van der Waals surface area contributed by atoms with Crippen molar-refractivity contribution in [2.45, 2.75) is 19.8 Å². The predicted molar refractivity (Wildman–Crippen MR) is 94.4 cm³/mol. The fraction of sp³-hybridized carbons (Fsp3) is 0.333. The zero-order valence-corrected chi connectivity index (χ0v) is 14.4. The van der Waals surface area contributed by atoms with Gasteiger partial charge >= 0.3 is 0 Å². The zero-order valence-electron chi connectivity index (χ0n) is 13.6. The minimum atomic E-state index is -0.0692. The Morgan fingerprint density at radius 3 is 2.88 bits per heavy atom. The van der Waals surface area contributed by atoms with Gasteiger partial charge in [0.1, 0.15) is 11.5 Å².